The van der Waals surface area contributed by atoms with Gasteiger partial charge in [-0.2, -0.15) is 0 Å². The molecule has 3 heteroatoms. The molecule has 0 aromatic heterocycles. The lowest BCUT2D eigenvalue weighted by molar-refractivity contribution is -0.143. The Hall–Kier alpha value is -1.64. The van der Waals surface area contributed by atoms with Crippen molar-refractivity contribution in [1.29, 1.82) is 0 Å². The Kier molecular flexibility index (Phi) is 4.88. The van der Waals surface area contributed by atoms with Crippen molar-refractivity contribution in [2.24, 2.45) is 5.92 Å². The lowest BCUT2D eigenvalue weighted by Crippen LogP contribution is -2.19. The number of Topliss-reactive ketones (excluding diaryl/α,β-unsaturated/α-hetero) is 1. The molecule has 3 nitrogen and oxygen atoms in total. The third-order valence-electron chi connectivity index (χ3n) is 2.82. The molecule has 1 rings (SSSR count). The summed E-state index contributed by atoms with van der Waals surface area (Å²) in [6.07, 6.45) is 0.740. The number of carbonyl (C=O) groups is 2. The molecule has 0 saturated heterocycles. The van der Waals surface area contributed by atoms with Gasteiger partial charge in [0.1, 0.15) is 5.78 Å². The predicted octanol–water partition coefficient (Wildman–Crippen LogP) is 2.31. The lowest BCUT2D eigenvalue weighted by atomic mass is 9.92. The van der Waals surface area contributed by atoms with E-state index in [9.17, 15) is 9.59 Å². The molecule has 1 atom stereocenters. The summed E-state index contributed by atoms with van der Waals surface area (Å²) in [4.78, 5) is 22.7. The number of aryl methyl sites for hydroxylation is 1. The van der Waals surface area contributed by atoms with Gasteiger partial charge in [-0.05, 0) is 25.8 Å². The third-order valence-corrected chi connectivity index (χ3v) is 2.82. The maximum absolute atomic E-state index is 11.5. The van der Waals surface area contributed by atoms with Crippen LogP contribution in [0.4, 0.5) is 0 Å². The summed E-state index contributed by atoms with van der Waals surface area (Å²) in [7, 11) is 1.34. The number of methoxy groups -OCH3 is 1. The lowest BCUT2D eigenvalue weighted by Gasteiger charge is -2.12. The standard InChI is InChI=1S/C14H18O3/c1-10-4-6-12(7-5-10)8-13(11(2)15)9-14(16)17-3/h4-7,13H,8-9H2,1-3H3. The molecular weight excluding hydrogens is 216 g/mol. The molecule has 0 saturated carbocycles. The molecule has 0 amide bonds. The van der Waals surface area contributed by atoms with E-state index in [1.54, 1.807) is 0 Å². The maximum Gasteiger partial charge on any atom is 0.306 e. The van der Waals surface area contributed by atoms with Crippen LogP contribution in [0.3, 0.4) is 0 Å². The first kappa shape index (κ1) is 13.4. The smallest absolute Gasteiger partial charge is 0.306 e. The summed E-state index contributed by atoms with van der Waals surface area (Å²) in [5.41, 5.74) is 2.25. The number of benzene rings is 1. The molecule has 0 fully saturated rings. The number of carbonyl (C=O) groups excluding carboxylic acids is 2. The molecule has 0 spiro atoms. The molecule has 0 aliphatic rings. The fourth-order valence-electron chi connectivity index (χ4n) is 1.65. The van der Waals surface area contributed by atoms with Gasteiger partial charge >= 0.3 is 5.97 Å². The van der Waals surface area contributed by atoms with E-state index in [4.69, 9.17) is 0 Å². The van der Waals surface area contributed by atoms with Gasteiger partial charge in [0, 0.05) is 5.92 Å². The highest BCUT2D eigenvalue weighted by atomic mass is 16.5. The van der Waals surface area contributed by atoms with Gasteiger partial charge in [0.2, 0.25) is 0 Å². The van der Waals surface area contributed by atoms with E-state index in [2.05, 4.69) is 4.74 Å². The summed E-state index contributed by atoms with van der Waals surface area (Å²) in [6.45, 7) is 3.53. The highest BCUT2D eigenvalue weighted by molar-refractivity contribution is 5.83. The van der Waals surface area contributed by atoms with Gasteiger partial charge in [0.25, 0.3) is 0 Å². The summed E-state index contributed by atoms with van der Waals surface area (Å²) < 4.78 is 4.60. The van der Waals surface area contributed by atoms with Gasteiger partial charge in [-0.25, -0.2) is 0 Å². The number of ketones is 1. The minimum Gasteiger partial charge on any atom is -0.469 e. The summed E-state index contributed by atoms with van der Waals surface area (Å²) in [5.74, 6) is -0.599. The molecule has 0 radical (unpaired) electrons. The first-order chi connectivity index (χ1) is 8.02. The van der Waals surface area contributed by atoms with Gasteiger partial charge in [-0.15, -0.1) is 0 Å². The van der Waals surface area contributed by atoms with Crippen LogP contribution in [0, 0.1) is 12.8 Å². The summed E-state index contributed by atoms with van der Waals surface area (Å²) in [5, 5.41) is 0. The molecule has 1 aromatic carbocycles. The van der Waals surface area contributed by atoms with Crippen molar-refractivity contribution in [3.05, 3.63) is 35.4 Å². The van der Waals surface area contributed by atoms with Crippen molar-refractivity contribution in [2.45, 2.75) is 26.7 Å². The minimum absolute atomic E-state index is 0.0241. The Morgan fingerprint density at radius 2 is 1.82 bits per heavy atom. The molecule has 92 valence electrons. The van der Waals surface area contributed by atoms with Crippen molar-refractivity contribution >= 4 is 11.8 Å². The first-order valence-corrected chi connectivity index (χ1v) is 5.65. The number of hydrogen-bond acceptors (Lipinski definition) is 3. The van der Waals surface area contributed by atoms with E-state index in [0.29, 0.717) is 6.42 Å². The van der Waals surface area contributed by atoms with Gasteiger partial charge in [0.15, 0.2) is 0 Å². The van der Waals surface area contributed by atoms with Crippen LogP contribution in [0.2, 0.25) is 0 Å². The Morgan fingerprint density at radius 3 is 2.29 bits per heavy atom. The Labute approximate surface area is 102 Å². The number of esters is 1. The second-order valence-electron chi connectivity index (χ2n) is 4.28. The summed E-state index contributed by atoms with van der Waals surface area (Å²) in [6, 6.07) is 7.99. The SMILES string of the molecule is COC(=O)CC(Cc1ccc(C)cc1)C(C)=O. The normalized spacial score (nSPS) is 11.9. The number of ether oxygens (including phenoxy) is 1. The highest BCUT2D eigenvalue weighted by Gasteiger charge is 2.19. The predicted molar refractivity (Wildman–Crippen MR) is 65.7 cm³/mol. The highest BCUT2D eigenvalue weighted by Crippen LogP contribution is 2.15. The quantitative estimate of drug-likeness (QED) is 0.734. The Bertz CT molecular complexity index is 392. The molecule has 0 heterocycles. The average Bonchev–Trinajstić information content (AvgIpc) is 2.30. The maximum atomic E-state index is 11.5. The van der Waals surface area contributed by atoms with Crippen molar-refractivity contribution in [2.75, 3.05) is 7.11 Å². The van der Waals surface area contributed by atoms with Gasteiger partial charge in [-0.1, -0.05) is 29.8 Å². The van der Waals surface area contributed by atoms with E-state index in [1.807, 2.05) is 31.2 Å². The van der Waals surface area contributed by atoms with E-state index in [-0.39, 0.29) is 24.1 Å². The Morgan fingerprint density at radius 1 is 1.24 bits per heavy atom. The van der Waals surface area contributed by atoms with Crippen LogP contribution in [-0.4, -0.2) is 18.9 Å². The average molecular weight is 234 g/mol. The topological polar surface area (TPSA) is 43.4 Å². The molecule has 0 aliphatic heterocycles. The second kappa shape index (κ2) is 6.18. The van der Waals surface area contributed by atoms with E-state index in [1.165, 1.54) is 19.6 Å². The van der Waals surface area contributed by atoms with Crippen LogP contribution in [-0.2, 0) is 20.7 Å². The zero-order valence-electron chi connectivity index (χ0n) is 10.5. The molecule has 0 aliphatic carbocycles. The number of rotatable bonds is 5. The van der Waals surface area contributed by atoms with Crippen LogP contribution >= 0.6 is 0 Å². The molecule has 1 aromatic rings. The van der Waals surface area contributed by atoms with E-state index in [0.717, 1.165) is 5.56 Å². The zero-order chi connectivity index (χ0) is 12.8. The minimum atomic E-state index is -0.336. The van der Waals surface area contributed by atoms with Gasteiger partial charge in [0.05, 0.1) is 13.5 Å². The van der Waals surface area contributed by atoms with Gasteiger partial charge < -0.3 is 4.74 Å². The molecule has 0 N–H and O–H groups in total. The fourth-order valence-corrected chi connectivity index (χ4v) is 1.65. The van der Waals surface area contributed by atoms with Crippen molar-refractivity contribution < 1.29 is 14.3 Å². The largest absolute Gasteiger partial charge is 0.469 e. The molecule has 1 unspecified atom stereocenters. The van der Waals surface area contributed by atoms with E-state index < -0.39 is 0 Å². The third kappa shape index (κ3) is 4.39. The fraction of sp³-hybridized carbons (Fsp3) is 0.429. The van der Waals surface area contributed by atoms with Crippen LogP contribution in [0.5, 0.6) is 0 Å². The van der Waals surface area contributed by atoms with Crippen molar-refractivity contribution in [3.63, 3.8) is 0 Å². The molecular formula is C14H18O3. The second-order valence-corrected chi connectivity index (χ2v) is 4.28. The van der Waals surface area contributed by atoms with Crippen molar-refractivity contribution in [1.82, 2.24) is 0 Å². The van der Waals surface area contributed by atoms with Crippen molar-refractivity contribution in [3.8, 4) is 0 Å². The summed E-state index contributed by atoms with van der Waals surface area (Å²) >= 11 is 0. The van der Waals surface area contributed by atoms with Gasteiger partial charge in [-0.3, -0.25) is 9.59 Å². The first-order valence-electron chi connectivity index (χ1n) is 5.65. The van der Waals surface area contributed by atoms with Crippen LogP contribution < -0.4 is 0 Å². The zero-order valence-corrected chi connectivity index (χ0v) is 10.5. The van der Waals surface area contributed by atoms with E-state index >= 15 is 0 Å². The number of hydrogen-bond donors (Lipinski definition) is 0. The van der Waals surface area contributed by atoms with Crippen LogP contribution in [0.1, 0.15) is 24.5 Å². The Balaban J connectivity index is 2.70. The molecule has 17 heavy (non-hydrogen) atoms. The van der Waals surface area contributed by atoms with Crippen LogP contribution in [0.25, 0.3) is 0 Å². The monoisotopic (exact) mass is 234 g/mol. The molecule has 0 bridgehead atoms. The van der Waals surface area contributed by atoms with Crippen LogP contribution in [0.15, 0.2) is 24.3 Å².